The van der Waals surface area contributed by atoms with Crippen LogP contribution >= 0.6 is 22.9 Å². The van der Waals surface area contributed by atoms with Crippen molar-refractivity contribution in [2.24, 2.45) is 0 Å². The summed E-state index contributed by atoms with van der Waals surface area (Å²) in [6, 6.07) is 10.8. The fourth-order valence-corrected chi connectivity index (χ4v) is 5.62. The van der Waals surface area contributed by atoms with Crippen molar-refractivity contribution < 1.29 is 31.2 Å². The molecule has 12 heteroatoms. The number of carbonyl (C=O) groups is 2. The Hall–Kier alpha value is -2.89. The first-order valence-electron chi connectivity index (χ1n) is 8.46. The van der Waals surface area contributed by atoms with E-state index in [2.05, 4.69) is 0 Å². The Morgan fingerprint density at radius 3 is 2.06 bits per heavy atom. The van der Waals surface area contributed by atoms with Crippen molar-refractivity contribution in [1.29, 1.82) is 0 Å². The second-order valence-corrected chi connectivity index (χ2v) is 10.0. The van der Waals surface area contributed by atoms with Crippen LogP contribution in [0.25, 0.3) is 0 Å². The average molecular weight is 487 g/mol. The van der Waals surface area contributed by atoms with Crippen molar-refractivity contribution in [3.63, 3.8) is 0 Å². The standard InChI is InChI=1S/C19H10ClF3N2O4S2/c20-15-7-8-16(30-15)31(28,29)24-14-6-5-10(9-13(14)19(21,22)23)25-17(26)11-3-1-2-4-12(11)18(25)27/h1-9,24H. The molecule has 2 heterocycles. The zero-order valence-electron chi connectivity index (χ0n) is 15.1. The van der Waals surface area contributed by atoms with E-state index in [4.69, 9.17) is 11.6 Å². The monoisotopic (exact) mass is 486 g/mol. The van der Waals surface area contributed by atoms with Gasteiger partial charge in [0, 0.05) is 0 Å². The summed E-state index contributed by atoms with van der Waals surface area (Å²) in [6.45, 7) is 0. The molecule has 160 valence electrons. The SMILES string of the molecule is O=C1c2ccccc2C(=O)N1c1ccc(NS(=O)(=O)c2ccc(Cl)s2)c(C(F)(F)F)c1. The van der Waals surface area contributed by atoms with Gasteiger partial charge in [0.25, 0.3) is 21.8 Å². The van der Waals surface area contributed by atoms with Gasteiger partial charge >= 0.3 is 6.18 Å². The van der Waals surface area contributed by atoms with E-state index in [0.717, 1.165) is 18.2 Å². The Kier molecular flexibility index (Phi) is 5.07. The van der Waals surface area contributed by atoms with Gasteiger partial charge in [0.1, 0.15) is 4.21 Å². The third-order valence-corrected chi connectivity index (χ3v) is 7.51. The zero-order valence-corrected chi connectivity index (χ0v) is 17.5. The maximum absolute atomic E-state index is 13.7. The van der Waals surface area contributed by atoms with Crippen molar-refractivity contribution in [2.45, 2.75) is 10.4 Å². The van der Waals surface area contributed by atoms with Crippen LogP contribution in [0.1, 0.15) is 26.3 Å². The van der Waals surface area contributed by atoms with E-state index < -0.39 is 39.3 Å². The Balaban J connectivity index is 1.76. The van der Waals surface area contributed by atoms with E-state index in [1.165, 1.54) is 30.3 Å². The molecule has 0 saturated carbocycles. The molecule has 1 N–H and O–H groups in total. The fourth-order valence-electron chi connectivity index (χ4n) is 3.06. The van der Waals surface area contributed by atoms with Crippen LogP contribution in [0.3, 0.4) is 0 Å². The number of hydrogen-bond acceptors (Lipinski definition) is 5. The second-order valence-electron chi connectivity index (χ2n) is 6.38. The number of fused-ring (bicyclic) bond motifs is 1. The van der Waals surface area contributed by atoms with Gasteiger partial charge in [0.15, 0.2) is 0 Å². The lowest BCUT2D eigenvalue weighted by atomic mass is 10.1. The van der Waals surface area contributed by atoms with E-state index in [1.54, 1.807) is 0 Å². The van der Waals surface area contributed by atoms with Crippen LogP contribution in [0.5, 0.6) is 0 Å². The number of sulfonamides is 1. The number of halogens is 4. The lowest BCUT2D eigenvalue weighted by Gasteiger charge is -2.19. The highest BCUT2D eigenvalue weighted by atomic mass is 35.5. The largest absolute Gasteiger partial charge is 0.418 e. The molecule has 0 unspecified atom stereocenters. The molecule has 0 aliphatic carbocycles. The first-order valence-corrected chi connectivity index (χ1v) is 11.1. The highest BCUT2D eigenvalue weighted by Gasteiger charge is 2.40. The number of carbonyl (C=O) groups excluding carboxylic acids is 2. The van der Waals surface area contributed by atoms with Crippen LogP contribution in [-0.4, -0.2) is 20.2 Å². The molecular formula is C19H10ClF3N2O4S2. The number of amides is 2. The first-order chi connectivity index (χ1) is 14.5. The quantitative estimate of drug-likeness (QED) is 0.525. The zero-order chi connectivity index (χ0) is 22.6. The molecule has 0 spiro atoms. The lowest BCUT2D eigenvalue weighted by Crippen LogP contribution is -2.29. The number of imide groups is 1. The van der Waals surface area contributed by atoms with E-state index in [1.807, 2.05) is 4.72 Å². The maximum Gasteiger partial charge on any atom is 0.418 e. The topological polar surface area (TPSA) is 83.6 Å². The normalized spacial score (nSPS) is 14.1. The molecular weight excluding hydrogens is 477 g/mol. The van der Waals surface area contributed by atoms with Gasteiger partial charge in [-0.1, -0.05) is 23.7 Å². The van der Waals surface area contributed by atoms with Gasteiger partial charge in [-0.2, -0.15) is 13.2 Å². The number of nitrogens with one attached hydrogen (secondary N) is 1. The number of anilines is 2. The van der Waals surface area contributed by atoms with Crippen molar-refractivity contribution >= 4 is 56.2 Å². The Morgan fingerprint density at radius 1 is 0.935 bits per heavy atom. The lowest BCUT2D eigenvalue weighted by molar-refractivity contribution is -0.136. The summed E-state index contributed by atoms with van der Waals surface area (Å²) in [5, 5.41) is 0. The molecule has 0 radical (unpaired) electrons. The Morgan fingerprint density at radius 2 is 1.55 bits per heavy atom. The third-order valence-electron chi connectivity index (χ3n) is 4.42. The molecule has 1 aliphatic heterocycles. The maximum atomic E-state index is 13.7. The minimum atomic E-state index is -4.97. The predicted octanol–water partition coefficient (Wildman–Crippen LogP) is 5.02. The summed E-state index contributed by atoms with van der Waals surface area (Å²) in [4.78, 5) is 25.8. The molecule has 3 aromatic rings. The van der Waals surface area contributed by atoms with Crippen LogP contribution in [0, 0.1) is 0 Å². The fraction of sp³-hybridized carbons (Fsp3) is 0.0526. The number of thiophene rings is 1. The van der Waals surface area contributed by atoms with Crippen LogP contribution < -0.4 is 9.62 Å². The van der Waals surface area contributed by atoms with E-state index in [9.17, 15) is 31.2 Å². The summed E-state index contributed by atoms with van der Waals surface area (Å²) in [7, 11) is -4.34. The minimum absolute atomic E-state index is 0.0698. The van der Waals surface area contributed by atoms with Crippen molar-refractivity contribution in [1.82, 2.24) is 0 Å². The van der Waals surface area contributed by atoms with Crippen LogP contribution in [0.15, 0.2) is 58.8 Å². The van der Waals surface area contributed by atoms with Crippen molar-refractivity contribution in [3.05, 3.63) is 75.6 Å². The molecule has 2 aromatic carbocycles. The van der Waals surface area contributed by atoms with Gasteiger partial charge in [-0.25, -0.2) is 13.3 Å². The summed E-state index contributed by atoms with van der Waals surface area (Å²) >= 11 is 6.39. The molecule has 0 atom stereocenters. The Labute approximate surface area is 182 Å². The minimum Gasteiger partial charge on any atom is -0.278 e. The molecule has 0 saturated heterocycles. The summed E-state index contributed by atoms with van der Waals surface area (Å²) in [5.74, 6) is -1.54. The van der Waals surface area contributed by atoms with Gasteiger partial charge in [0.2, 0.25) is 0 Å². The van der Waals surface area contributed by atoms with Gasteiger partial charge in [-0.15, -0.1) is 11.3 Å². The number of alkyl halides is 3. The molecule has 1 aromatic heterocycles. The first kappa shape index (κ1) is 21.3. The smallest absolute Gasteiger partial charge is 0.278 e. The molecule has 2 amide bonds. The summed E-state index contributed by atoms with van der Waals surface area (Å²) < 4.78 is 67.8. The Bertz CT molecular complexity index is 1300. The van der Waals surface area contributed by atoms with Crippen LogP contribution in [-0.2, 0) is 16.2 Å². The molecule has 0 fully saturated rings. The van der Waals surface area contributed by atoms with E-state index >= 15 is 0 Å². The van der Waals surface area contributed by atoms with Gasteiger partial charge in [0.05, 0.1) is 32.4 Å². The molecule has 0 bridgehead atoms. The van der Waals surface area contributed by atoms with Gasteiger partial charge in [-0.05, 0) is 42.5 Å². The van der Waals surface area contributed by atoms with E-state index in [-0.39, 0.29) is 25.4 Å². The van der Waals surface area contributed by atoms with Crippen LogP contribution in [0.4, 0.5) is 24.5 Å². The summed E-state index contributed by atoms with van der Waals surface area (Å²) in [5.41, 5.74) is -2.30. The second kappa shape index (κ2) is 7.36. The molecule has 1 aliphatic rings. The van der Waals surface area contributed by atoms with Gasteiger partial charge in [-0.3, -0.25) is 14.3 Å². The van der Waals surface area contributed by atoms with Crippen molar-refractivity contribution in [3.8, 4) is 0 Å². The van der Waals surface area contributed by atoms with Crippen molar-refractivity contribution in [2.75, 3.05) is 9.62 Å². The van der Waals surface area contributed by atoms with Crippen LogP contribution in [0.2, 0.25) is 4.34 Å². The highest BCUT2D eigenvalue weighted by molar-refractivity contribution is 7.94. The number of rotatable bonds is 4. The number of nitrogens with zero attached hydrogens (tertiary/aromatic N) is 1. The molecule has 4 rings (SSSR count). The number of hydrogen-bond donors (Lipinski definition) is 1. The summed E-state index contributed by atoms with van der Waals surface area (Å²) in [6.07, 6.45) is -4.97. The number of benzene rings is 2. The highest BCUT2D eigenvalue weighted by Crippen LogP contribution is 2.40. The third kappa shape index (κ3) is 3.80. The molecule has 31 heavy (non-hydrogen) atoms. The predicted molar refractivity (Wildman–Crippen MR) is 109 cm³/mol. The average Bonchev–Trinajstić information content (AvgIpc) is 3.24. The molecule has 6 nitrogen and oxygen atoms in total. The van der Waals surface area contributed by atoms with E-state index in [0.29, 0.717) is 22.3 Å². The van der Waals surface area contributed by atoms with Gasteiger partial charge < -0.3 is 0 Å².